The number of rotatable bonds is 3. The van der Waals surface area contributed by atoms with Crippen LogP contribution in [0.4, 0.5) is 0 Å². The van der Waals surface area contributed by atoms with E-state index in [4.69, 9.17) is 0 Å². The normalized spacial score (nSPS) is 15.4. The van der Waals surface area contributed by atoms with Crippen LogP contribution >= 0.6 is 0 Å². The van der Waals surface area contributed by atoms with E-state index in [-0.39, 0.29) is 27.3 Å². The first kappa shape index (κ1) is 14.5. The molecule has 0 radical (unpaired) electrons. The Labute approximate surface area is 108 Å². The van der Waals surface area contributed by atoms with Crippen LogP contribution < -0.4 is 0 Å². The fourth-order valence-electron chi connectivity index (χ4n) is 1.01. The van der Waals surface area contributed by atoms with Gasteiger partial charge in [-0.2, -0.15) is 0 Å². The van der Waals surface area contributed by atoms with E-state index in [0.29, 0.717) is 15.0 Å². The van der Waals surface area contributed by atoms with Gasteiger partial charge in [-0.1, -0.05) is 15.0 Å². The predicted molar refractivity (Wildman–Crippen MR) is 46.9 cm³/mol. The third-order valence-corrected chi connectivity index (χ3v) is 1.67. The van der Waals surface area contributed by atoms with Crippen LogP contribution in [0.5, 0.6) is 0 Å². The molecule has 0 saturated carbocycles. The molecule has 1 rings (SSSR count). The number of hydrogen-bond acceptors (Lipinski definition) is 6. The van der Waals surface area contributed by atoms with Crippen LogP contribution in [0, 0.1) is 30.3 Å². The first-order valence-corrected chi connectivity index (χ1v) is 3.59. The molecular formula is C3H6N6O6Pb+4. The second kappa shape index (κ2) is 5.56. The number of hydrazine groups is 3. The van der Waals surface area contributed by atoms with E-state index < -0.39 is 35.1 Å². The molecule has 0 bridgehead atoms. The molecule has 0 unspecified atom stereocenters. The van der Waals surface area contributed by atoms with Crippen molar-refractivity contribution < 1.29 is 15.1 Å². The molecule has 0 atom stereocenters. The fraction of sp³-hybridized carbons (Fsp3) is 1.00. The van der Waals surface area contributed by atoms with Crippen LogP contribution in [-0.2, 0) is 0 Å². The van der Waals surface area contributed by atoms with Gasteiger partial charge in [-0.05, 0) is 0 Å². The summed E-state index contributed by atoms with van der Waals surface area (Å²) < 4.78 is 0. The van der Waals surface area contributed by atoms with Crippen LogP contribution in [0.1, 0.15) is 0 Å². The Bertz CT molecular complexity index is 257. The van der Waals surface area contributed by atoms with E-state index in [9.17, 15) is 30.3 Å². The molecule has 1 aliphatic heterocycles. The topological polar surface area (TPSA) is 139 Å². The van der Waals surface area contributed by atoms with E-state index in [1.165, 1.54) is 0 Å². The van der Waals surface area contributed by atoms with E-state index >= 15 is 0 Å². The molecule has 84 valence electrons. The van der Waals surface area contributed by atoms with E-state index in [2.05, 4.69) is 0 Å². The molecule has 0 aromatic carbocycles. The van der Waals surface area contributed by atoms with Gasteiger partial charge in [-0.15, -0.1) is 0 Å². The largest absolute Gasteiger partial charge is 4.00 e. The molecule has 0 N–H and O–H groups in total. The molecule has 1 fully saturated rings. The Morgan fingerprint density at radius 3 is 1.00 bits per heavy atom. The summed E-state index contributed by atoms with van der Waals surface area (Å²) >= 11 is 0. The zero-order valence-electron chi connectivity index (χ0n) is 7.75. The Morgan fingerprint density at radius 2 is 0.875 bits per heavy atom. The Kier molecular flexibility index (Phi) is 5.05. The smallest absolute Gasteiger partial charge is 0.235 e. The summed E-state index contributed by atoms with van der Waals surface area (Å²) in [6.07, 6.45) is 0. The van der Waals surface area contributed by atoms with Crippen LogP contribution in [0.3, 0.4) is 0 Å². The average Bonchev–Trinajstić information content (AvgIpc) is 2.16. The van der Waals surface area contributed by atoms with Crippen molar-refractivity contribution in [3.05, 3.63) is 30.3 Å². The van der Waals surface area contributed by atoms with E-state index in [1.54, 1.807) is 0 Å². The molecule has 0 amide bonds. The molecule has 16 heavy (non-hydrogen) atoms. The second-order valence-electron chi connectivity index (χ2n) is 2.66. The van der Waals surface area contributed by atoms with Crippen molar-refractivity contribution in [1.29, 1.82) is 0 Å². The molecule has 1 saturated heterocycles. The Morgan fingerprint density at radius 1 is 0.688 bits per heavy atom. The van der Waals surface area contributed by atoms with Gasteiger partial charge < -0.3 is 0 Å². The number of hydrogen-bond donors (Lipinski definition) is 0. The molecule has 13 heteroatoms. The monoisotopic (exact) mass is 430 g/mol. The average molecular weight is 429 g/mol. The van der Waals surface area contributed by atoms with Crippen molar-refractivity contribution >= 4 is 27.3 Å². The van der Waals surface area contributed by atoms with Gasteiger partial charge in [0.1, 0.15) is 0 Å². The third kappa shape index (κ3) is 3.28. The number of nitrogens with zero attached hydrogens (tertiary/aromatic N) is 6. The maximum atomic E-state index is 10.3. The molecule has 0 aromatic heterocycles. The molecule has 0 aromatic rings. The van der Waals surface area contributed by atoms with Crippen LogP contribution in [-0.4, -0.2) is 77.4 Å². The van der Waals surface area contributed by atoms with Gasteiger partial charge in [0.05, 0.1) is 0 Å². The summed E-state index contributed by atoms with van der Waals surface area (Å²) in [7, 11) is 0. The summed E-state index contributed by atoms with van der Waals surface area (Å²) in [6.45, 7) is -1.78. The maximum Gasteiger partial charge on any atom is 4.00 e. The SMILES string of the molecule is O=[N+]([O-])N1CN([N+](=O)[O-])CN([N+](=O)[O-])C1.[Pb+4]. The molecule has 0 spiro atoms. The van der Waals surface area contributed by atoms with Gasteiger partial charge in [-0.3, -0.25) is 0 Å². The minimum absolute atomic E-state index is 0. The van der Waals surface area contributed by atoms with Crippen molar-refractivity contribution in [2.45, 2.75) is 0 Å². The molecule has 12 nitrogen and oxygen atoms in total. The van der Waals surface area contributed by atoms with Crippen molar-refractivity contribution in [3.8, 4) is 0 Å². The minimum Gasteiger partial charge on any atom is -0.235 e. The Balaban J connectivity index is 0.00000225. The molecule has 1 heterocycles. The van der Waals surface area contributed by atoms with Gasteiger partial charge in [0, 0.05) is 0 Å². The van der Waals surface area contributed by atoms with E-state index in [0.717, 1.165) is 0 Å². The third-order valence-electron chi connectivity index (χ3n) is 1.67. The molecule has 0 aliphatic carbocycles. The van der Waals surface area contributed by atoms with Crippen LogP contribution in [0.15, 0.2) is 0 Å². The maximum absolute atomic E-state index is 10.3. The van der Waals surface area contributed by atoms with Crippen molar-refractivity contribution in [2.24, 2.45) is 0 Å². The standard InChI is InChI=1S/C3H6N6O6.Pb/c10-7(11)4-1-5(8(12)13)3-6(2-4)9(14)15;/h1-3H2;/q;+4. The molecule has 1 aliphatic rings. The summed E-state index contributed by atoms with van der Waals surface area (Å²) in [4.78, 5) is 31.0. The zero-order valence-corrected chi connectivity index (χ0v) is 11.6. The van der Waals surface area contributed by atoms with Gasteiger partial charge in [0.2, 0.25) is 20.0 Å². The van der Waals surface area contributed by atoms with Crippen molar-refractivity contribution in [3.63, 3.8) is 0 Å². The van der Waals surface area contributed by atoms with Gasteiger partial charge in [-0.25, -0.2) is 30.3 Å². The van der Waals surface area contributed by atoms with Crippen molar-refractivity contribution in [2.75, 3.05) is 20.0 Å². The summed E-state index contributed by atoms with van der Waals surface area (Å²) in [6, 6.07) is 0. The summed E-state index contributed by atoms with van der Waals surface area (Å²) in [5, 5.41) is 29.3. The van der Waals surface area contributed by atoms with Gasteiger partial charge >= 0.3 is 27.3 Å². The fourth-order valence-corrected chi connectivity index (χ4v) is 1.01. The predicted octanol–water partition coefficient (Wildman–Crippen LogP) is -2.03. The first-order valence-electron chi connectivity index (χ1n) is 3.59. The second-order valence-corrected chi connectivity index (χ2v) is 2.66. The molecular weight excluding hydrogens is 423 g/mol. The van der Waals surface area contributed by atoms with Gasteiger partial charge in [0.15, 0.2) is 15.1 Å². The first-order chi connectivity index (χ1) is 6.91. The van der Waals surface area contributed by atoms with Crippen LogP contribution in [0.25, 0.3) is 0 Å². The van der Waals surface area contributed by atoms with Crippen molar-refractivity contribution in [1.82, 2.24) is 15.0 Å². The van der Waals surface area contributed by atoms with Gasteiger partial charge in [0.25, 0.3) is 0 Å². The Hall–Kier alpha value is -1.48. The minimum atomic E-state index is -0.924. The van der Waals surface area contributed by atoms with Crippen LogP contribution in [0.2, 0.25) is 0 Å². The summed E-state index contributed by atoms with van der Waals surface area (Å²) in [5.41, 5.74) is 0. The summed E-state index contributed by atoms with van der Waals surface area (Å²) in [5.74, 6) is 0. The zero-order chi connectivity index (χ0) is 11.6. The quantitative estimate of drug-likeness (QED) is 0.282. The van der Waals surface area contributed by atoms with E-state index in [1.807, 2.05) is 0 Å². The number of nitro groups is 3.